The van der Waals surface area contributed by atoms with Crippen LogP contribution in [0.25, 0.3) is 12.2 Å². The second-order valence-electron chi connectivity index (χ2n) is 9.81. The number of unbranched alkanes of at least 4 members (excludes halogenated alkanes) is 9. The van der Waals surface area contributed by atoms with E-state index in [2.05, 4.69) is 45.1 Å². The average Bonchev–Trinajstić information content (AvgIpc) is 2.92. The number of benzene rings is 2. The Morgan fingerprint density at radius 3 is 1.49 bits per heavy atom. The molecule has 206 valence electrons. The van der Waals surface area contributed by atoms with E-state index >= 15 is 0 Å². The topological polar surface area (TPSA) is 47.9 Å². The number of aliphatic hydroxyl groups excluding tert-OH is 1. The van der Waals surface area contributed by atoms with Gasteiger partial charge in [-0.15, -0.1) is 0 Å². The molecule has 2 rings (SSSR count). The minimum absolute atomic E-state index is 0.0574. The van der Waals surface area contributed by atoms with Crippen molar-refractivity contribution < 1.29 is 19.3 Å². The lowest BCUT2D eigenvalue weighted by molar-refractivity contribution is 0.234. The average molecular weight is 511 g/mol. The maximum Gasteiger partial charge on any atom is 0.203 e. The molecule has 4 heteroatoms. The van der Waals surface area contributed by atoms with Crippen molar-refractivity contribution in [3.05, 3.63) is 53.1 Å². The van der Waals surface area contributed by atoms with Gasteiger partial charge < -0.3 is 19.3 Å². The Kier molecular flexibility index (Phi) is 16.3. The van der Waals surface area contributed by atoms with E-state index in [4.69, 9.17) is 14.2 Å². The Morgan fingerprint density at radius 1 is 0.568 bits per heavy atom. The first-order valence-corrected chi connectivity index (χ1v) is 14.7. The van der Waals surface area contributed by atoms with Crippen molar-refractivity contribution in [1.82, 2.24) is 0 Å². The minimum Gasteiger partial charge on any atom is -0.490 e. The third-order valence-electron chi connectivity index (χ3n) is 6.43. The summed E-state index contributed by atoms with van der Waals surface area (Å²) in [6.07, 6.45) is 18.1. The van der Waals surface area contributed by atoms with Gasteiger partial charge in [-0.2, -0.15) is 0 Å². The summed E-state index contributed by atoms with van der Waals surface area (Å²) in [5.41, 5.74) is 3.02. The molecule has 1 N–H and O–H groups in total. The van der Waals surface area contributed by atoms with E-state index in [0.717, 1.165) is 53.2 Å². The fourth-order valence-corrected chi connectivity index (χ4v) is 4.10. The van der Waals surface area contributed by atoms with Gasteiger partial charge in [0.15, 0.2) is 11.5 Å². The number of aliphatic hydroxyl groups is 1. The molecule has 37 heavy (non-hydrogen) atoms. The molecule has 0 aliphatic heterocycles. The summed E-state index contributed by atoms with van der Waals surface area (Å²) in [6.45, 7) is 8.76. The van der Waals surface area contributed by atoms with Gasteiger partial charge in [0.1, 0.15) is 0 Å². The summed E-state index contributed by atoms with van der Waals surface area (Å²) in [5.74, 6) is 2.29. The van der Waals surface area contributed by atoms with E-state index in [1.807, 2.05) is 24.3 Å². The zero-order valence-corrected chi connectivity index (χ0v) is 23.6. The number of rotatable bonds is 21. The first-order valence-electron chi connectivity index (χ1n) is 14.7. The largest absolute Gasteiger partial charge is 0.490 e. The predicted molar refractivity (Wildman–Crippen MR) is 157 cm³/mol. The predicted octanol–water partition coefficient (Wildman–Crippen LogP) is 9.23. The molecule has 0 amide bonds. The van der Waals surface area contributed by atoms with Crippen LogP contribution in [0.15, 0.2) is 36.4 Å². The molecule has 0 spiro atoms. The molecule has 0 unspecified atom stereocenters. The molecular formula is C33H50O4. The van der Waals surface area contributed by atoms with E-state index in [1.165, 1.54) is 57.8 Å². The van der Waals surface area contributed by atoms with Crippen molar-refractivity contribution in [2.45, 2.75) is 104 Å². The van der Waals surface area contributed by atoms with Crippen LogP contribution in [0.4, 0.5) is 0 Å². The van der Waals surface area contributed by atoms with E-state index in [1.54, 1.807) is 0 Å². The van der Waals surface area contributed by atoms with Crippen LogP contribution in [0.2, 0.25) is 0 Å². The van der Waals surface area contributed by atoms with Crippen LogP contribution in [-0.2, 0) is 6.61 Å². The molecule has 0 aliphatic rings. The lowest BCUT2D eigenvalue weighted by Crippen LogP contribution is -2.06. The van der Waals surface area contributed by atoms with Gasteiger partial charge in [0.05, 0.1) is 26.4 Å². The zero-order chi connectivity index (χ0) is 26.6. The summed E-state index contributed by atoms with van der Waals surface area (Å²) in [4.78, 5) is 0. The number of ether oxygens (including phenoxy) is 3. The Hall–Kier alpha value is -2.46. The van der Waals surface area contributed by atoms with Crippen molar-refractivity contribution in [2.24, 2.45) is 0 Å². The lowest BCUT2D eigenvalue weighted by atomic mass is 10.1. The Morgan fingerprint density at radius 2 is 1.03 bits per heavy atom. The minimum atomic E-state index is 0.0574. The standard InChI is InChI=1S/C33H50O4/c1-4-7-10-13-22-35-31-25-30(21-18-28-16-19-29(27-34)20-17-28)26-32(36-23-14-11-8-5-2)33(31)37-24-15-12-9-6-3/h16-21,25-26,34H,4-15,22-24,27H2,1-3H3/b21-18+. The van der Waals surface area contributed by atoms with Crippen LogP contribution in [0.5, 0.6) is 17.2 Å². The maximum absolute atomic E-state index is 9.31. The smallest absolute Gasteiger partial charge is 0.203 e. The number of hydrogen-bond donors (Lipinski definition) is 1. The molecule has 0 atom stereocenters. The zero-order valence-electron chi connectivity index (χ0n) is 23.6. The molecule has 0 aromatic heterocycles. The van der Waals surface area contributed by atoms with Gasteiger partial charge in [-0.25, -0.2) is 0 Å². The second-order valence-corrected chi connectivity index (χ2v) is 9.81. The van der Waals surface area contributed by atoms with Crippen molar-refractivity contribution in [3.8, 4) is 17.2 Å². The van der Waals surface area contributed by atoms with Gasteiger partial charge in [-0.05, 0) is 48.1 Å². The highest BCUT2D eigenvalue weighted by atomic mass is 16.5. The lowest BCUT2D eigenvalue weighted by Gasteiger charge is -2.18. The van der Waals surface area contributed by atoms with E-state index in [-0.39, 0.29) is 6.61 Å². The summed E-state index contributed by atoms with van der Waals surface area (Å²) < 4.78 is 18.9. The van der Waals surface area contributed by atoms with Gasteiger partial charge in [-0.3, -0.25) is 0 Å². The molecule has 0 fully saturated rings. The molecule has 2 aromatic rings. The summed E-state index contributed by atoms with van der Waals surface area (Å²) >= 11 is 0. The third kappa shape index (κ3) is 12.6. The van der Waals surface area contributed by atoms with Crippen LogP contribution < -0.4 is 14.2 Å². The Labute approximate surface area is 226 Å². The van der Waals surface area contributed by atoms with Crippen molar-refractivity contribution in [3.63, 3.8) is 0 Å². The van der Waals surface area contributed by atoms with E-state index in [9.17, 15) is 5.11 Å². The molecule has 0 saturated carbocycles. The van der Waals surface area contributed by atoms with Crippen LogP contribution in [0.1, 0.15) is 115 Å². The summed E-state index contributed by atoms with van der Waals surface area (Å²) in [5, 5.41) is 9.31. The van der Waals surface area contributed by atoms with E-state index < -0.39 is 0 Å². The highest BCUT2D eigenvalue weighted by Crippen LogP contribution is 2.40. The fraction of sp³-hybridized carbons (Fsp3) is 0.576. The molecule has 0 aliphatic carbocycles. The quantitative estimate of drug-likeness (QED) is 0.134. The molecule has 2 aromatic carbocycles. The molecule has 0 radical (unpaired) electrons. The van der Waals surface area contributed by atoms with Crippen LogP contribution in [0.3, 0.4) is 0 Å². The van der Waals surface area contributed by atoms with Gasteiger partial charge in [0.25, 0.3) is 0 Å². The first-order chi connectivity index (χ1) is 18.2. The SMILES string of the molecule is CCCCCCOc1cc(/C=C/c2ccc(CO)cc2)cc(OCCCCCC)c1OCCCCCC. The summed E-state index contributed by atoms with van der Waals surface area (Å²) in [7, 11) is 0. The van der Waals surface area contributed by atoms with Crippen molar-refractivity contribution in [1.29, 1.82) is 0 Å². The molecular weight excluding hydrogens is 460 g/mol. The third-order valence-corrected chi connectivity index (χ3v) is 6.43. The van der Waals surface area contributed by atoms with Crippen LogP contribution in [0, 0.1) is 0 Å². The van der Waals surface area contributed by atoms with Crippen molar-refractivity contribution in [2.75, 3.05) is 19.8 Å². The Balaban J connectivity index is 2.25. The Bertz CT molecular complexity index is 837. The maximum atomic E-state index is 9.31. The van der Waals surface area contributed by atoms with Gasteiger partial charge >= 0.3 is 0 Å². The first kappa shape index (κ1) is 30.8. The normalized spacial score (nSPS) is 11.2. The summed E-state index contributed by atoms with van der Waals surface area (Å²) in [6, 6.07) is 12.1. The monoisotopic (exact) mass is 510 g/mol. The molecule has 4 nitrogen and oxygen atoms in total. The van der Waals surface area contributed by atoms with E-state index in [0.29, 0.717) is 19.8 Å². The fourth-order valence-electron chi connectivity index (χ4n) is 4.10. The van der Waals surface area contributed by atoms with Crippen molar-refractivity contribution >= 4 is 12.2 Å². The molecule has 0 saturated heterocycles. The van der Waals surface area contributed by atoms with Gasteiger partial charge in [0, 0.05) is 0 Å². The molecule has 0 heterocycles. The molecule has 0 bridgehead atoms. The number of hydrogen-bond acceptors (Lipinski definition) is 4. The van der Waals surface area contributed by atoms with Crippen LogP contribution >= 0.6 is 0 Å². The highest BCUT2D eigenvalue weighted by molar-refractivity contribution is 5.72. The second kappa shape index (κ2) is 19.6. The van der Waals surface area contributed by atoms with Gasteiger partial charge in [0.2, 0.25) is 5.75 Å². The van der Waals surface area contributed by atoms with Crippen LogP contribution in [-0.4, -0.2) is 24.9 Å². The highest BCUT2D eigenvalue weighted by Gasteiger charge is 2.15. The van der Waals surface area contributed by atoms with Gasteiger partial charge in [-0.1, -0.05) is 115 Å².